The predicted molar refractivity (Wildman–Crippen MR) is 62.6 cm³/mol. The molecule has 3 nitrogen and oxygen atoms in total. The van der Waals surface area contributed by atoms with Crippen LogP contribution in [0, 0.1) is 5.92 Å². The summed E-state index contributed by atoms with van der Waals surface area (Å²) in [6.07, 6.45) is 1.32. The fourth-order valence-corrected chi connectivity index (χ4v) is 2.83. The summed E-state index contributed by atoms with van der Waals surface area (Å²) in [7, 11) is 0. The van der Waals surface area contributed by atoms with Crippen LogP contribution in [0.1, 0.15) is 6.42 Å². The first-order valence-electron chi connectivity index (χ1n) is 4.89. The van der Waals surface area contributed by atoms with E-state index in [4.69, 9.17) is 5.73 Å². The Morgan fingerprint density at radius 1 is 1.57 bits per heavy atom. The van der Waals surface area contributed by atoms with Crippen molar-refractivity contribution in [2.45, 2.75) is 6.42 Å². The van der Waals surface area contributed by atoms with Crippen molar-refractivity contribution in [2.24, 2.45) is 5.92 Å². The van der Waals surface area contributed by atoms with Crippen LogP contribution >= 0.6 is 11.8 Å². The summed E-state index contributed by atoms with van der Waals surface area (Å²) in [6, 6.07) is 5.68. The average Bonchev–Trinajstić information content (AvgIpc) is 2.67. The number of hydrogen-bond acceptors (Lipinski definition) is 4. The number of rotatable bonds is 3. The number of thioether (sulfide) groups is 1. The molecular formula is C10H15N3S. The van der Waals surface area contributed by atoms with Crippen molar-refractivity contribution in [1.29, 1.82) is 0 Å². The minimum atomic E-state index is 0.579. The van der Waals surface area contributed by atoms with Gasteiger partial charge in [0.25, 0.3) is 0 Å². The number of anilines is 2. The second-order valence-corrected chi connectivity index (χ2v) is 4.71. The highest BCUT2D eigenvalue weighted by atomic mass is 32.2. The van der Waals surface area contributed by atoms with Crippen molar-refractivity contribution in [2.75, 3.05) is 29.1 Å². The molecular weight excluding hydrogens is 194 g/mol. The lowest BCUT2D eigenvalue weighted by atomic mass is 10.1. The largest absolute Gasteiger partial charge is 0.384 e. The molecule has 2 rings (SSSR count). The molecule has 0 aliphatic carbocycles. The standard InChI is InChI=1S/C10H15N3S/c11-9-2-1-3-10(13-9)12-6-8-4-5-14-7-8/h1-3,8H,4-7H2,(H3,11,12,13). The molecule has 0 amide bonds. The van der Waals surface area contributed by atoms with E-state index in [-0.39, 0.29) is 0 Å². The molecule has 3 N–H and O–H groups in total. The van der Waals surface area contributed by atoms with E-state index >= 15 is 0 Å². The molecule has 0 saturated carbocycles. The van der Waals surface area contributed by atoms with Gasteiger partial charge in [-0.15, -0.1) is 0 Å². The monoisotopic (exact) mass is 209 g/mol. The number of aromatic nitrogens is 1. The number of nitrogens with one attached hydrogen (secondary N) is 1. The van der Waals surface area contributed by atoms with Crippen molar-refractivity contribution in [3.8, 4) is 0 Å². The van der Waals surface area contributed by atoms with Gasteiger partial charge in [-0.25, -0.2) is 4.98 Å². The van der Waals surface area contributed by atoms with E-state index in [9.17, 15) is 0 Å². The lowest BCUT2D eigenvalue weighted by molar-refractivity contribution is 0.630. The van der Waals surface area contributed by atoms with Crippen LogP contribution in [0.5, 0.6) is 0 Å². The summed E-state index contributed by atoms with van der Waals surface area (Å²) in [6.45, 7) is 1.02. The van der Waals surface area contributed by atoms with Gasteiger partial charge >= 0.3 is 0 Å². The van der Waals surface area contributed by atoms with Crippen LogP contribution in [0.25, 0.3) is 0 Å². The van der Waals surface area contributed by atoms with Crippen LogP contribution in [0.3, 0.4) is 0 Å². The van der Waals surface area contributed by atoms with Crippen LogP contribution < -0.4 is 11.1 Å². The van der Waals surface area contributed by atoms with Gasteiger partial charge in [0.2, 0.25) is 0 Å². The minimum Gasteiger partial charge on any atom is -0.384 e. The quantitative estimate of drug-likeness (QED) is 0.797. The molecule has 1 aromatic rings. The molecule has 1 aliphatic heterocycles. The Labute approximate surface area is 88.5 Å². The molecule has 0 spiro atoms. The van der Waals surface area contributed by atoms with Gasteiger partial charge in [0.05, 0.1) is 0 Å². The number of hydrogen-bond donors (Lipinski definition) is 2. The van der Waals surface area contributed by atoms with Crippen molar-refractivity contribution in [1.82, 2.24) is 4.98 Å². The van der Waals surface area contributed by atoms with Crippen LogP contribution in [0.4, 0.5) is 11.6 Å². The van der Waals surface area contributed by atoms with Gasteiger partial charge in [0.15, 0.2) is 0 Å². The molecule has 0 bridgehead atoms. The molecule has 4 heteroatoms. The highest BCUT2D eigenvalue weighted by Gasteiger charge is 2.14. The molecule has 76 valence electrons. The highest BCUT2D eigenvalue weighted by molar-refractivity contribution is 7.99. The average molecular weight is 209 g/mol. The van der Waals surface area contributed by atoms with Crippen molar-refractivity contribution >= 4 is 23.4 Å². The predicted octanol–water partition coefficient (Wildman–Crippen LogP) is 1.83. The zero-order chi connectivity index (χ0) is 9.80. The van der Waals surface area contributed by atoms with Gasteiger partial charge in [-0.1, -0.05) is 6.07 Å². The summed E-state index contributed by atoms with van der Waals surface area (Å²) in [5, 5.41) is 3.32. The molecule has 14 heavy (non-hydrogen) atoms. The topological polar surface area (TPSA) is 50.9 Å². The third kappa shape index (κ3) is 2.54. The van der Waals surface area contributed by atoms with E-state index < -0.39 is 0 Å². The SMILES string of the molecule is Nc1cccc(NCC2CCSC2)n1. The molecule has 2 heterocycles. The third-order valence-electron chi connectivity index (χ3n) is 2.37. The molecule has 1 aromatic heterocycles. The molecule has 0 aromatic carbocycles. The normalized spacial score (nSPS) is 21.0. The van der Waals surface area contributed by atoms with E-state index in [1.165, 1.54) is 17.9 Å². The maximum absolute atomic E-state index is 5.59. The third-order valence-corrected chi connectivity index (χ3v) is 3.60. The van der Waals surface area contributed by atoms with Gasteiger partial charge in [-0.05, 0) is 36.0 Å². The Hall–Kier alpha value is -0.900. The van der Waals surface area contributed by atoms with Crippen LogP contribution in [0.15, 0.2) is 18.2 Å². The summed E-state index contributed by atoms with van der Waals surface area (Å²) >= 11 is 2.04. The summed E-state index contributed by atoms with van der Waals surface area (Å²) in [5.41, 5.74) is 5.59. The zero-order valence-electron chi connectivity index (χ0n) is 8.07. The number of nitrogens with two attached hydrogens (primary N) is 1. The van der Waals surface area contributed by atoms with Crippen LogP contribution in [-0.2, 0) is 0 Å². The van der Waals surface area contributed by atoms with Gasteiger partial charge in [0, 0.05) is 6.54 Å². The first-order chi connectivity index (χ1) is 6.84. The fraction of sp³-hybridized carbons (Fsp3) is 0.500. The second-order valence-electron chi connectivity index (χ2n) is 3.56. The molecule has 1 unspecified atom stereocenters. The van der Waals surface area contributed by atoms with E-state index in [2.05, 4.69) is 10.3 Å². The van der Waals surface area contributed by atoms with Gasteiger partial charge in [-0.2, -0.15) is 11.8 Å². The zero-order valence-corrected chi connectivity index (χ0v) is 8.89. The van der Waals surface area contributed by atoms with E-state index in [0.717, 1.165) is 18.3 Å². The van der Waals surface area contributed by atoms with Crippen molar-refractivity contribution in [3.63, 3.8) is 0 Å². The smallest absolute Gasteiger partial charge is 0.128 e. The first-order valence-corrected chi connectivity index (χ1v) is 6.04. The number of nitrogens with zero attached hydrogens (tertiary/aromatic N) is 1. The summed E-state index contributed by atoms with van der Waals surface area (Å²) in [4.78, 5) is 4.19. The van der Waals surface area contributed by atoms with Crippen LogP contribution in [-0.4, -0.2) is 23.0 Å². The molecule has 1 aliphatic rings. The fourth-order valence-electron chi connectivity index (χ4n) is 1.54. The molecule has 1 saturated heterocycles. The first kappa shape index (κ1) is 9.65. The lowest BCUT2D eigenvalue weighted by Gasteiger charge is -2.10. The Balaban J connectivity index is 1.85. The Bertz CT molecular complexity index is 297. The maximum atomic E-state index is 5.59. The highest BCUT2D eigenvalue weighted by Crippen LogP contribution is 2.23. The van der Waals surface area contributed by atoms with Gasteiger partial charge < -0.3 is 11.1 Å². The van der Waals surface area contributed by atoms with Gasteiger partial charge in [0.1, 0.15) is 11.6 Å². The molecule has 1 fully saturated rings. The van der Waals surface area contributed by atoms with E-state index in [1.54, 1.807) is 6.07 Å². The molecule has 1 atom stereocenters. The van der Waals surface area contributed by atoms with Crippen molar-refractivity contribution in [3.05, 3.63) is 18.2 Å². The number of pyridine rings is 1. The second kappa shape index (κ2) is 4.55. The van der Waals surface area contributed by atoms with Gasteiger partial charge in [-0.3, -0.25) is 0 Å². The minimum absolute atomic E-state index is 0.579. The van der Waals surface area contributed by atoms with Crippen LogP contribution in [0.2, 0.25) is 0 Å². The molecule has 0 radical (unpaired) electrons. The lowest BCUT2D eigenvalue weighted by Crippen LogP contribution is -2.14. The van der Waals surface area contributed by atoms with E-state index in [0.29, 0.717) is 5.82 Å². The number of nitrogen functional groups attached to an aromatic ring is 1. The van der Waals surface area contributed by atoms with Crippen molar-refractivity contribution < 1.29 is 0 Å². The maximum Gasteiger partial charge on any atom is 0.128 e. The Morgan fingerprint density at radius 2 is 2.50 bits per heavy atom. The summed E-state index contributed by atoms with van der Waals surface area (Å²) in [5.74, 6) is 4.84. The Morgan fingerprint density at radius 3 is 3.21 bits per heavy atom. The van der Waals surface area contributed by atoms with E-state index in [1.807, 2.05) is 23.9 Å². The Kier molecular flexibility index (Phi) is 3.14. The summed E-state index contributed by atoms with van der Waals surface area (Å²) < 4.78 is 0.